The van der Waals surface area contributed by atoms with Crippen LogP contribution in [0.3, 0.4) is 0 Å². The monoisotopic (exact) mass is 281 g/mol. The maximum Gasteiger partial charge on any atom is 0.0876 e. The zero-order valence-corrected chi connectivity index (χ0v) is 10.7. The van der Waals surface area contributed by atoms with Gasteiger partial charge in [-0.3, -0.25) is 0 Å². The Morgan fingerprint density at radius 2 is 2.06 bits per heavy atom. The zero-order valence-electron chi connectivity index (χ0n) is 9.16. The van der Waals surface area contributed by atoms with Crippen molar-refractivity contribution in [1.29, 1.82) is 0 Å². The highest BCUT2D eigenvalue weighted by Gasteiger charge is 2.13. The highest BCUT2D eigenvalue weighted by molar-refractivity contribution is 9.10. The lowest BCUT2D eigenvalue weighted by Gasteiger charge is -2.19. The normalized spacial score (nSPS) is 17.5. The molecule has 0 aliphatic carbocycles. The fourth-order valence-electron chi connectivity index (χ4n) is 1.86. The Labute approximate surface area is 105 Å². The van der Waals surface area contributed by atoms with E-state index in [4.69, 9.17) is 10.5 Å². The van der Waals surface area contributed by atoms with Gasteiger partial charge in [0.25, 0.3) is 0 Å². The molecule has 1 aliphatic rings. The van der Waals surface area contributed by atoms with Crippen molar-refractivity contribution in [2.24, 2.45) is 5.73 Å². The van der Waals surface area contributed by atoms with Crippen molar-refractivity contribution in [3.05, 3.63) is 46.1 Å². The number of hydrogen-bond acceptors (Lipinski definition) is 2. The molecule has 0 radical (unpaired) electrons. The van der Waals surface area contributed by atoms with Gasteiger partial charge in [0.2, 0.25) is 0 Å². The van der Waals surface area contributed by atoms with E-state index < -0.39 is 0 Å². The van der Waals surface area contributed by atoms with Crippen molar-refractivity contribution in [1.82, 2.24) is 0 Å². The van der Waals surface area contributed by atoms with Crippen molar-refractivity contribution in [3.8, 4) is 0 Å². The first kappa shape index (κ1) is 11.7. The summed E-state index contributed by atoms with van der Waals surface area (Å²) in [6.07, 6.45) is 4.87. The summed E-state index contributed by atoms with van der Waals surface area (Å²) in [6, 6.07) is 8.39. The average molecular weight is 282 g/mol. The van der Waals surface area contributed by atoms with Crippen LogP contribution in [0.1, 0.15) is 18.4 Å². The van der Waals surface area contributed by atoms with Crippen molar-refractivity contribution in [3.63, 3.8) is 0 Å². The molecule has 0 amide bonds. The lowest BCUT2D eigenvalue weighted by molar-refractivity contribution is 0.221. The SMILES string of the molecule is NC(Cc1ccc(Br)cc1)C1=COCCC1. The van der Waals surface area contributed by atoms with E-state index in [1.54, 1.807) is 0 Å². The third-order valence-corrected chi connectivity index (χ3v) is 3.34. The summed E-state index contributed by atoms with van der Waals surface area (Å²) in [5.41, 5.74) is 8.66. The first-order chi connectivity index (χ1) is 7.75. The summed E-state index contributed by atoms with van der Waals surface area (Å²) in [5, 5.41) is 0. The number of hydrogen-bond donors (Lipinski definition) is 1. The summed E-state index contributed by atoms with van der Waals surface area (Å²) >= 11 is 3.43. The first-order valence-electron chi connectivity index (χ1n) is 5.56. The van der Waals surface area contributed by atoms with Gasteiger partial charge in [-0.15, -0.1) is 0 Å². The average Bonchev–Trinajstić information content (AvgIpc) is 2.33. The smallest absolute Gasteiger partial charge is 0.0876 e. The van der Waals surface area contributed by atoms with Crippen molar-refractivity contribution < 1.29 is 4.74 Å². The summed E-state index contributed by atoms with van der Waals surface area (Å²) in [4.78, 5) is 0. The topological polar surface area (TPSA) is 35.2 Å². The Bertz CT molecular complexity index is 372. The molecule has 1 heterocycles. The number of benzene rings is 1. The minimum atomic E-state index is 0.0847. The van der Waals surface area contributed by atoms with Crippen LogP contribution < -0.4 is 5.73 Å². The first-order valence-corrected chi connectivity index (χ1v) is 6.35. The quantitative estimate of drug-likeness (QED) is 0.925. The van der Waals surface area contributed by atoms with Gasteiger partial charge in [0, 0.05) is 10.5 Å². The van der Waals surface area contributed by atoms with Gasteiger partial charge in [-0.05, 0) is 42.5 Å². The standard InChI is InChI=1S/C13H16BrNO/c14-12-5-3-10(4-6-12)8-13(15)11-2-1-7-16-9-11/h3-6,9,13H,1-2,7-8,15H2. The van der Waals surface area contributed by atoms with E-state index in [2.05, 4.69) is 28.1 Å². The molecule has 1 atom stereocenters. The highest BCUT2D eigenvalue weighted by atomic mass is 79.9. The molecule has 0 saturated heterocycles. The van der Waals surface area contributed by atoms with Gasteiger partial charge in [0.05, 0.1) is 12.9 Å². The van der Waals surface area contributed by atoms with Crippen molar-refractivity contribution in [2.45, 2.75) is 25.3 Å². The minimum Gasteiger partial charge on any atom is -0.501 e. The van der Waals surface area contributed by atoms with E-state index in [0.717, 1.165) is 30.3 Å². The Morgan fingerprint density at radius 3 is 2.69 bits per heavy atom. The van der Waals surface area contributed by atoms with Gasteiger partial charge < -0.3 is 10.5 Å². The van der Waals surface area contributed by atoms with Gasteiger partial charge >= 0.3 is 0 Å². The van der Waals surface area contributed by atoms with Gasteiger partial charge in [-0.1, -0.05) is 28.1 Å². The third kappa shape index (κ3) is 3.09. The lowest BCUT2D eigenvalue weighted by Crippen LogP contribution is -2.27. The molecular weight excluding hydrogens is 266 g/mol. The minimum absolute atomic E-state index is 0.0847. The third-order valence-electron chi connectivity index (χ3n) is 2.81. The van der Waals surface area contributed by atoms with Gasteiger partial charge in [0.15, 0.2) is 0 Å². The van der Waals surface area contributed by atoms with Crippen LogP contribution in [0.2, 0.25) is 0 Å². The molecule has 2 N–H and O–H groups in total. The molecule has 16 heavy (non-hydrogen) atoms. The molecule has 3 heteroatoms. The van der Waals surface area contributed by atoms with E-state index in [9.17, 15) is 0 Å². The van der Waals surface area contributed by atoms with E-state index in [-0.39, 0.29) is 6.04 Å². The molecule has 1 aliphatic heterocycles. The molecule has 0 bridgehead atoms. The number of halogens is 1. The van der Waals surface area contributed by atoms with E-state index in [0.29, 0.717) is 0 Å². The van der Waals surface area contributed by atoms with Crippen molar-refractivity contribution >= 4 is 15.9 Å². The Hall–Kier alpha value is -0.800. The predicted molar refractivity (Wildman–Crippen MR) is 69.1 cm³/mol. The zero-order chi connectivity index (χ0) is 11.4. The van der Waals surface area contributed by atoms with E-state index in [1.807, 2.05) is 18.4 Å². The van der Waals surface area contributed by atoms with E-state index in [1.165, 1.54) is 11.1 Å². The van der Waals surface area contributed by atoms with Gasteiger partial charge in [-0.25, -0.2) is 0 Å². The van der Waals surface area contributed by atoms with Gasteiger partial charge in [0.1, 0.15) is 0 Å². The number of nitrogens with two attached hydrogens (primary N) is 1. The highest BCUT2D eigenvalue weighted by Crippen LogP contribution is 2.18. The van der Waals surface area contributed by atoms with Crippen LogP contribution in [0, 0.1) is 0 Å². The Morgan fingerprint density at radius 1 is 1.31 bits per heavy atom. The van der Waals surface area contributed by atoms with Crippen LogP contribution in [0.4, 0.5) is 0 Å². The lowest BCUT2D eigenvalue weighted by atomic mass is 9.96. The summed E-state index contributed by atoms with van der Waals surface area (Å²) in [6.45, 7) is 0.828. The molecular formula is C13H16BrNO. The van der Waals surface area contributed by atoms with Crippen molar-refractivity contribution in [2.75, 3.05) is 6.61 Å². The Balaban J connectivity index is 1.98. The Kier molecular flexibility index (Phi) is 4.02. The molecule has 1 unspecified atom stereocenters. The molecule has 86 valence electrons. The summed E-state index contributed by atoms with van der Waals surface area (Å²) < 4.78 is 6.41. The largest absolute Gasteiger partial charge is 0.501 e. The van der Waals surface area contributed by atoms with Crippen LogP contribution >= 0.6 is 15.9 Å². The van der Waals surface area contributed by atoms with Crippen LogP contribution in [0.25, 0.3) is 0 Å². The molecule has 1 aromatic carbocycles. The molecule has 0 fully saturated rings. The predicted octanol–water partition coefficient (Wildman–Crippen LogP) is 3.01. The second-order valence-corrected chi connectivity index (χ2v) is 5.02. The van der Waals surface area contributed by atoms with Crippen LogP contribution in [-0.4, -0.2) is 12.6 Å². The number of ether oxygens (including phenoxy) is 1. The van der Waals surface area contributed by atoms with Crippen LogP contribution in [-0.2, 0) is 11.2 Å². The molecule has 0 saturated carbocycles. The molecule has 2 nitrogen and oxygen atoms in total. The second-order valence-electron chi connectivity index (χ2n) is 4.10. The fourth-order valence-corrected chi connectivity index (χ4v) is 2.13. The molecule has 2 rings (SSSR count). The molecule has 0 aromatic heterocycles. The maximum atomic E-state index is 6.16. The van der Waals surface area contributed by atoms with Crippen LogP contribution in [0.15, 0.2) is 40.6 Å². The van der Waals surface area contributed by atoms with E-state index >= 15 is 0 Å². The summed E-state index contributed by atoms with van der Waals surface area (Å²) in [7, 11) is 0. The number of rotatable bonds is 3. The van der Waals surface area contributed by atoms with Crippen LogP contribution in [0.5, 0.6) is 0 Å². The molecule has 1 aromatic rings. The second kappa shape index (κ2) is 5.51. The molecule has 0 spiro atoms. The summed E-state index contributed by atoms with van der Waals surface area (Å²) in [5.74, 6) is 0. The fraction of sp³-hybridized carbons (Fsp3) is 0.385. The van der Waals surface area contributed by atoms with Gasteiger partial charge in [-0.2, -0.15) is 0 Å². The maximum absolute atomic E-state index is 6.16.